The molecule has 0 spiro atoms. The van der Waals surface area contributed by atoms with Crippen LogP contribution in [0.3, 0.4) is 0 Å². The maximum atomic E-state index is 12.8. The summed E-state index contributed by atoms with van der Waals surface area (Å²) in [6.07, 6.45) is 23.0. The van der Waals surface area contributed by atoms with Gasteiger partial charge in [0, 0.05) is 25.4 Å². The lowest BCUT2D eigenvalue weighted by Gasteiger charge is -2.26. The zero-order chi connectivity index (χ0) is 23.2. The van der Waals surface area contributed by atoms with Crippen LogP contribution in [0.2, 0.25) is 0 Å². The van der Waals surface area contributed by atoms with Crippen LogP contribution < -0.4 is 5.73 Å². The molecule has 0 aromatic carbocycles. The van der Waals surface area contributed by atoms with Crippen LogP contribution in [0.5, 0.6) is 0 Å². The van der Waals surface area contributed by atoms with Crippen molar-refractivity contribution in [1.29, 1.82) is 0 Å². The van der Waals surface area contributed by atoms with E-state index in [1.54, 1.807) is 0 Å². The van der Waals surface area contributed by atoms with Gasteiger partial charge >= 0.3 is 0 Å². The molecule has 0 saturated carbocycles. The maximum Gasteiger partial charge on any atom is 0.225 e. The highest BCUT2D eigenvalue weighted by Crippen LogP contribution is 2.15. The van der Waals surface area contributed by atoms with Gasteiger partial charge in [0.25, 0.3) is 0 Å². The van der Waals surface area contributed by atoms with Gasteiger partial charge in [-0.25, -0.2) is 0 Å². The van der Waals surface area contributed by atoms with Gasteiger partial charge in [-0.2, -0.15) is 0 Å². The molecule has 0 aliphatic rings. The van der Waals surface area contributed by atoms with E-state index in [9.17, 15) is 9.59 Å². The molecule has 0 aliphatic carbocycles. The molecule has 0 aromatic rings. The average Bonchev–Trinajstić information content (AvgIpc) is 2.75. The third-order valence-electron chi connectivity index (χ3n) is 6.36. The third kappa shape index (κ3) is 19.4. The topological polar surface area (TPSA) is 63.4 Å². The monoisotopic (exact) mass is 438 g/mol. The lowest BCUT2D eigenvalue weighted by Crippen LogP contribution is -2.36. The summed E-state index contributed by atoms with van der Waals surface area (Å²) in [6, 6.07) is 0. The SMILES string of the molecule is CCCCCCCCCCCCCCCCN(CCCC)C(=O)C(C)CCCC(N)=O. The van der Waals surface area contributed by atoms with Crippen LogP contribution in [0, 0.1) is 5.92 Å². The number of nitrogens with zero attached hydrogens (tertiary/aromatic N) is 1. The summed E-state index contributed by atoms with van der Waals surface area (Å²) in [7, 11) is 0. The number of nitrogens with two attached hydrogens (primary N) is 1. The van der Waals surface area contributed by atoms with Gasteiger partial charge in [0.05, 0.1) is 0 Å². The Morgan fingerprint density at radius 1 is 0.645 bits per heavy atom. The quantitative estimate of drug-likeness (QED) is 0.169. The van der Waals surface area contributed by atoms with Gasteiger partial charge in [0.2, 0.25) is 11.8 Å². The fourth-order valence-electron chi connectivity index (χ4n) is 4.20. The minimum absolute atomic E-state index is 0.0112. The molecule has 184 valence electrons. The zero-order valence-corrected chi connectivity index (χ0v) is 21.3. The number of amides is 2. The van der Waals surface area contributed by atoms with E-state index >= 15 is 0 Å². The van der Waals surface area contributed by atoms with Crippen molar-refractivity contribution in [2.45, 2.75) is 143 Å². The molecule has 31 heavy (non-hydrogen) atoms. The molecule has 0 radical (unpaired) electrons. The van der Waals surface area contributed by atoms with E-state index in [1.807, 2.05) is 6.92 Å². The van der Waals surface area contributed by atoms with Crippen molar-refractivity contribution in [3.05, 3.63) is 0 Å². The summed E-state index contributed by atoms with van der Waals surface area (Å²) < 4.78 is 0. The van der Waals surface area contributed by atoms with Gasteiger partial charge in [-0.05, 0) is 25.7 Å². The number of rotatable bonds is 23. The molecular formula is C27H54N2O2. The van der Waals surface area contributed by atoms with Crippen molar-refractivity contribution < 1.29 is 9.59 Å². The van der Waals surface area contributed by atoms with E-state index in [0.717, 1.165) is 38.8 Å². The second-order valence-electron chi connectivity index (χ2n) is 9.53. The van der Waals surface area contributed by atoms with Gasteiger partial charge < -0.3 is 10.6 Å². The number of hydrogen-bond donors (Lipinski definition) is 1. The molecule has 0 aliphatic heterocycles. The highest BCUT2D eigenvalue weighted by atomic mass is 16.2. The van der Waals surface area contributed by atoms with Crippen LogP contribution >= 0.6 is 0 Å². The molecule has 0 bridgehead atoms. The fourth-order valence-corrected chi connectivity index (χ4v) is 4.20. The molecule has 2 amide bonds. The van der Waals surface area contributed by atoms with E-state index in [-0.39, 0.29) is 17.7 Å². The van der Waals surface area contributed by atoms with Crippen LogP contribution in [0.15, 0.2) is 0 Å². The minimum Gasteiger partial charge on any atom is -0.370 e. The lowest BCUT2D eigenvalue weighted by molar-refractivity contribution is -0.135. The number of unbranched alkanes of at least 4 members (excludes halogenated alkanes) is 14. The Hall–Kier alpha value is -1.06. The maximum absolute atomic E-state index is 12.8. The summed E-state index contributed by atoms with van der Waals surface area (Å²) in [4.78, 5) is 25.8. The van der Waals surface area contributed by atoms with Crippen LogP contribution in [0.1, 0.15) is 143 Å². The molecule has 4 nitrogen and oxygen atoms in total. The van der Waals surface area contributed by atoms with E-state index < -0.39 is 0 Å². The first kappa shape index (κ1) is 29.9. The summed E-state index contributed by atoms with van der Waals surface area (Å²) in [5.41, 5.74) is 5.21. The van der Waals surface area contributed by atoms with Gasteiger partial charge in [-0.1, -0.05) is 111 Å². The average molecular weight is 439 g/mol. The van der Waals surface area contributed by atoms with Crippen molar-refractivity contribution in [3.63, 3.8) is 0 Å². The minimum atomic E-state index is -0.273. The molecule has 1 atom stereocenters. The Morgan fingerprint density at radius 3 is 1.52 bits per heavy atom. The Labute approximate surface area is 194 Å². The molecule has 0 aromatic heterocycles. The molecule has 0 fully saturated rings. The first-order valence-electron chi connectivity index (χ1n) is 13.6. The first-order chi connectivity index (χ1) is 15.0. The molecule has 4 heteroatoms. The molecule has 1 unspecified atom stereocenters. The summed E-state index contributed by atoms with van der Waals surface area (Å²) in [5.74, 6) is -0.0274. The predicted molar refractivity (Wildman–Crippen MR) is 134 cm³/mol. The molecule has 0 heterocycles. The fraction of sp³-hybridized carbons (Fsp3) is 0.926. The Bertz CT molecular complexity index is 425. The van der Waals surface area contributed by atoms with Gasteiger partial charge in [-0.15, -0.1) is 0 Å². The lowest BCUT2D eigenvalue weighted by atomic mass is 10.0. The van der Waals surface area contributed by atoms with Crippen LogP contribution in [-0.2, 0) is 9.59 Å². The molecule has 0 saturated heterocycles. The molecular weight excluding hydrogens is 384 g/mol. The number of primary amides is 1. The van der Waals surface area contributed by atoms with Crippen molar-refractivity contribution in [1.82, 2.24) is 4.90 Å². The van der Waals surface area contributed by atoms with Crippen LogP contribution in [0.25, 0.3) is 0 Å². The van der Waals surface area contributed by atoms with Crippen molar-refractivity contribution in [3.8, 4) is 0 Å². The van der Waals surface area contributed by atoms with E-state index in [2.05, 4.69) is 18.7 Å². The highest BCUT2D eigenvalue weighted by molar-refractivity contribution is 5.78. The third-order valence-corrected chi connectivity index (χ3v) is 6.36. The molecule has 2 N–H and O–H groups in total. The normalized spacial score (nSPS) is 12.1. The Kier molecular flexibility index (Phi) is 21.4. The largest absolute Gasteiger partial charge is 0.370 e. The standard InChI is InChI=1S/C27H54N2O2/c1-4-6-8-9-10-11-12-13-14-15-16-17-18-19-24-29(23-7-5-2)27(31)25(3)21-20-22-26(28)30/h25H,4-24H2,1-3H3,(H2,28,30). The Morgan fingerprint density at radius 2 is 1.06 bits per heavy atom. The van der Waals surface area contributed by atoms with E-state index in [4.69, 9.17) is 5.73 Å². The smallest absolute Gasteiger partial charge is 0.225 e. The van der Waals surface area contributed by atoms with Gasteiger partial charge in [-0.3, -0.25) is 9.59 Å². The van der Waals surface area contributed by atoms with Crippen LogP contribution in [0.4, 0.5) is 0 Å². The first-order valence-corrected chi connectivity index (χ1v) is 13.6. The van der Waals surface area contributed by atoms with E-state index in [0.29, 0.717) is 12.8 Å². The predicted octanol–water partition coefficient (Wildman–Crippen LogP) is 7.39. The van der Waals surface area contributed by atoms with Gasteiger partial charge in [0.1, 0.15) is 0 Å². The van der Waals surface area contributed by atoms with Crippen LogP contribution in [-0.4, -0.2) is 29.8 Å². The molecule has 0 rings (SSSR count). The number of carbonyl (C=O) groups is 2. The number of hydrogen-bond acceptors (Lipinski definition) is 2. The van der Waals surface area contributed by atoms with Crippen molar-refractivity contribution >= 4 is 11.8 Å². The summed E-state index contributed by atoms with van der Waals surface area (Å²) >= 11 is 0. The van der Waals surface area contributed by atoms with Crippen molar-refractivity contribution in [2.75, 3.05) is 13.1 Å². The van der Waals surface area contributed by atoms with E-state index in [1.165, 1.54) is 83.5 Å². The van der Waals surface area contributed by atoms with Crippen molar-refractivity contribution in [2.24, 2.45) is 11.7 Å². The second kappa shape index (κ2) is 22.1. The van der Waals surface area contributed by atoms with Gasteiger partial charge in [0.15, 0.2) is 0 Å². The highest BCUT2D eigenvalue weighted by Gasteiger charge is 2.19. The second-order valence-corrected chi connectivity index (χ2v) is 9.53. The zero-order valence-electron chi connectivity index (χ0n) is 21.3. The summed E-state index contributed by atoms with van der Waals surface area (Å²) in [6.45, 7) is 8.20. The number of carbonyl (C=O) groups excluding carboxylic acids is 2. The summed E-state index contributed by atoms with van der Waals surface area (Å²) in [5, 5.41) is 0. The Balaban J connectivity index is 3.79.